The lowest BCUT2D eigenvalue weighted by atomic mass is 9.95. The van der Waals surface area contributed by atoms with Crippen LogP contribution in [0.4, 0.5) is 5.82 Å². The van der Waals surface area contributed by atoms with E-state index in [1.165, 1.54) is 32.1 Å². The highest BCUT2D eigenvalue weighted by Crippen LogP contribution is 2.28. The number of aliphatic carboxylic acids is 1. The van der Waals surface area contributed by atoms with Crippen molar-refractivity contribution in [2.75, 3.05) is 18.4 Å². The number of aromatic nitrogens is 3. The average Bonchev–Trinajstić information content (AvgIpc) is 2.85. The van der Waals surface area contributed by atoms with E-state index >= 15 is 0 Å². The molecule has 1 aliphatic carbocycles. The highest BCUT2D eigenvalue weighted by Gasteiger charge is 2.25. The van der Waals surface area contributed by atoms with Crippen LogP contribution in [0, 0.1) is 5.92 Å². The van der Waals surface area contributed by atoms with Crippen molar-refractivity contribution in [3.63, 3.8) is 0 Å². The van der Waals surface area contributed by atoms with Crippen LogP contribution in [-0.4, -0.2) is 50.1 Å². The third-order valence-electron chi connectivity index (χ3n) is 7.03. The van der Waals surface area contributed by atoms with Crippen molar-refractivity contribution in [1.29, 1.82) is 0 Å². The van der Waals surface area contributed by atoms with E-state index in [2.05, 4.69) is 32.3 Å². The Morgan fingerprint density at radius 3 is 2.67 bits per heavy atom. The van der Waals surface area contributed by atoms with E-state index in [4.69, 9.17) is 4.98 Å². The number of nitrogens with zero attached hydrogens (tertiary/aromatic N) is 4. The molecule has 2 fully saturated rings. The van der Waals surface area contributed by atoms with Crippen molar-refractivity contribution < 1.29 is 9.90 Å². The maximum Gasteiger partial charge on any atom is 0.306 e. The van der Waals surface area contributed by atoms with E-state index in [1.54, 1.807) is 0 Å². The van der Waals surface area contributed by atoms with Gasteiger partial charge in [0.2, 0.25) is 0 Å². The molecule has 3 aromatic rings. The molecule has 0 bridgehead atoms. The number of hydrogen-bond donors (Lipinski definition) is 2. The topological polar surface area (TPSA) is 91.2 Å². The van der Waals surface area contributed by atoms with Gasteiger partial charge in [-0.2, -0.15) is 0 Å². The lowest BCUT2D eigenvalue weighted by molar-refractivity contribution is -0.143. The molecule has 1 aliphatic heterocycles. The van der Waals surface area contributed by atoms with E-state index in [0.717, 1.165) is 46.6 Å². The molecule has 7 heteroatoms. The first-order valence-electron chi connectivity index (χ1n) is 12.1. The van der Waals surface area contributed by atoms with Crippen LogP contribution in [0.15, 0.2) is 42.9 Å². The van der Waals surface area contributed by atoms with Gasteiger partial charge in [-0.25, -0.2) is 4.98 Å². The zero-order chi connectivity index (χ0) is 22.6. The van der Waals surface area contributed by atoms with Gasteiger partial charge in [-0.3, -0.25) is 19.7 Å². The molecule has 0 spiro atoms. The summed E-state index contributed by atoms with van der Waals surface area (Å²) >= 11 is 0. The minimum Gasteiger partial charge on any atom is -0.481 e. The molecule has 0 unspecified atom stereocenters. The number of hydrogen-bond acceptors (Lipinski definition) is 6. The zero-order valence-electron chi connectivity index (χ0n) is 18.9. The summed E-state index contributed by atoms with van der Waals surface area (Å²) < 4.78 is 0. The summed E-state index contributed by atoms with van der Waals surface area (Å²) in [5.74, 6) is -0.000192. The van der Waals surface area contributed by atoms with Gasteiger partial charge in [-0.15, -0.1) is 0 Å². The molecule has 0 amide bonds. The number of carbonyl (C=O) groups is 1. The Morgan fingerprint density at radius 2 is 1.88 bits per heavy atom. The molecule has 0 radical (unpaired) electrons. The van der Waals surface area contributed by atoms with Gasteiger partial charge in [-0.1, -0.05) is 19.3 Å². The van der Waals surface area contributed by atoms with Crippen LogP contribution in [0.5, 0.6) is 0 Å². The number of nitrogens with one attached hydrogen (secondary N) is 1. The first kappa shape index (κ1) is 21.8. The van der Waals surface area contributed by atoms with Gasteiger partial charge in [0.25, 0.3) is 0 Å². The third kappa shape index (κ3) is 5.14. The fourth-order valence-corrected chi connectivity index (χ4v) is 5.11. The number of anilines is 1. The summed E-state index contributed by atoms with van der Waals surface area (Å²) in [6, 6.07) is 8.73. The molecule has 7 nitrogen and oxygen atoms in total. The van der Waals surface area contributed by atoms with Gasteiger partial charge < -0.3 is 10.4 Å². The van der Waals surface area contributed by atoms with Gasteiger partial charge in [-0.05, 0) is 63.0 Å². The first-order chi connectivity index (χ1) is 16.2. The quantitative estimate of drug-likeness (QED) is 0.567. The van der Waals surface area contributed by atoms with E-state index < -0.39 is 5.97 Å². The Kier molecular flexibility index (Phi) is 6.48. The van der Waals surface area contributed by atoms with Crippen LogP contribution in [0.25, 0.3) is 22.0 Å². The number of carboxylic acid groups (broad SMARTS) is 1. The van der Waals surface area contributed by atoms with Crippen LogP contribution in [0.1, 0.15) is 50.6 Å². The number of rotatable bonds is 6. The normalized spacial score (nSPS) is 18.4. The largest absolute Gasteiger partial charge is 0.481 e. The number of carboxylic acids is 1. The summed E-state index contributed by atoms with van der Waals surface area (Å²) in [5, 5.41) is 15.1. The van der Waals surface area contributed by atoms with Gasteiger partial charge >= 0.3 is 5.97 Å². The second kappa shape index (κ2) is 9.83. The van der Waals surface area contributed by atoms with E-state index in [0.29, 0.717) is 25.4 Å². The predicted molar refractivity (Wildman–Crippen MR) is 129 cm³/mol. The Balaban J connectivity index is 1.40. The lowest BCUT2D eigenvalue weighted by Gasteiger charge is -2.30. The van der Waals surface area contributed by atoms with Crippen molar-refractivity contribution in [3.8, 4) is 11.3 Å². The number of piperidine rings is 1. The molecule has 1 saturated heterocycles. The van der Waals surface area contributed by atoms with Crippen LogP contribution in [0.2, 0.25) is 0 Å². The highest BCUT2D eigenvalue weighted by atomic mass is 16.4. The molecule has 5 rings (SSSR count). The lowest BCUT2D eigenvalue weighted by Crippen LogP contribution is -2.36. The molecule has 0 atom stereocenters. The number of likely N-dealkylation sites (tertiary alicyclic amines) is 1. The van der Waals surface area contributed by atoms with Gasteiger partial charge in [0.1, 0.15) is 5.82 Å². The highest BCUT2D eigenvalue weighted by molar-refractivity contribution is 5.87. The van der Waals surface area contributed by atoms with E-state index in [-0.39, 0.29) is 5.92 Å². The molecule has 2 N–H and O–H groups in total. The van der Waals surface area contributed by atoms with Crippen LogP contribution in [0.3, 0.4) is 0 Å². The SMILES string of the molecule is O=C(O)C1CCN(Cc2nc(-c3ccnc(NC4CCCCC4)c3)cc3cnccc23)CC1. The second-order valence-electron chi connectivity index (χ2n) is 9.35. The summed E-state index contributed by atoms with van der Waals surface area (Å²) in [6.45, 7) is 2.26. The Labute approximate surface area is 194 Å². The Hall–Kier alpha value is -3.06. The van der Waals surface area contributed by atoms with Crippen LogP contribution < -0.4 is 5.32 Å². The van der Waals surface area contributed by atoms with Crippen LogP contribution >= 0.6 is 0 Å². The predicted octanol–water partition coefficient (Wildman–Crippen LogP) is 4.73. The molecule has 1 saturated carbocycles. The number of fused-ring (bicyclic) bond motifs is 1. The fourth-order valence-electron chi connectivity index (χ4n) is 5.11. The van der Waals surface area contributed by atoms with E-state index in [1.807, 2.05) is 30.7 Å². The molecular weight excluding hydrogens is 414 g/mol. The Morgan fingerprint density at radius 1 is 1.06 bits per heavy atom. The smallest absolute Gasteiger partial charge is 0.306 e. The monoisotopic (exact) mass is 445 g/mol. The van der Waals surface area contributed by atoms with Crippen molar-refractivity contribution in [3.05, 3.63) is 48.5 Å². The van der Waals surface area contributed by atoms with Gasteiger partial charge in [0.15, 0.2) is 0 Å². The molecule has 33 heavy (non-hydrogen) atoms. The van der Waals surface area contributed by atoms with Crippen molar-refractivity contribution in [2.24, 2.45) is 5.92 Å². The summed E-state index contributed by atoms with van der Waals surface area (Å²) in [5.41, 5.74) is 2.97. The minimum absolute atomic E-state index is 0.228. The molecular formula is C26H31N5O2. The number of pyridine rings is 3. The summed E-state index contributed by atoms with van der Waals surface area (Å²) in [7, 11) is 0. The maximum atomic E-state index is 11.3. The van der Waals surface area contributed by atoms with Gasteiger partial charge in [0.05, 0.1) is 17.3 Å². The Bertz CT molecular complexity index is 1120. The molecule has 0 aromatic carbocycles. The fraction of sp³-hybridized carbons (Fsp3) is 0.462. The van der Waals surface area contributed by atoms with Gasteiger partial charge in [0, 0.05) is 47.5 Å². The van der Waals surface area contributed by atoms with E-state index in [9.17, 15) is 9.90 Å². The van der Waals surface area contributed by atoms with Crippen molar-refractivity contribution in [1.82, 2.24) is 19.9 Å². The molecule has 4 heterocycles. The molecule has 3 aromatic heterocycles. The summed E-state index contributed by atoms with van der Waals surface area (Å²) in [4.78, 5) is 27.6. The second-order valence-corrected chi connectivity index (χ2v) is 9.35. The van der Waals surface area contributed by atoms with Crippen molar-refractivity contribution in [2.45, 2.75) is 57.5 Å². The van der Waals surface area contributed by atoms with Crippen molar-refractivity contribution >= 4 is 22.6 Å². The summed E-state index contributed by atoms with van der Waals surface area (Å²) in [6.07, 6.45) is 13.2. The molecule has 2 aliphatic rings. The standard InChI is InChI=1S/C26H31N5O2/c32-26(33)18-8-12-31(13-9-18)17-24-22-7-10-27-16-20(22)14-23(30-24)19-6-11-28-25(15-19)29-21-4-2-1-3-5-21/h6-7,10-11,14-16,18,21H,1-5,8-9,12-13,17H2,(H,28,29)(H,32,33). The average molecular weight is 446 g/mol. The third-order valence-corrected chi connectivity index (χ3v) is 7.03. The first-order valence-corrected chi connectivity index (χ1v) is 12.1. The maximum absolute atomic E-state index is 11.3. The zero-order valence-corrected chi connectivity index (χ0v) is 18.9. The van der Waals surface area contributed by atoms with Crippen LogP contribution in [-0.2, 0) is 11.3 Å². The molecule has 172 valence electrons. The minimum atomic E-state index is -0.679.